The third kappa shape index (κ3) is 2.98. The Morgan fingerprint density at radius 1 is 1.10 bits per heavy atom. The maximum Gasteiger partial charge on any atom is 0.132 e. The molecule has 2 aromatic carbocycles. The van der Waals surface area contributed by atoms with Crippen LogP contribution in [0.5, 0.6) is 0 Å². The van der Waals surface area contributed by atoms with Crippen molar-refractivity contribution in [1.82, 2.24) is 5.43 Å². The zero-order valence-corrected chi connectivity index (χ0v) is 12.3. The first-order valence-electron chi connectivity index (χ1n) is 5.49. The monoisotopic (exact) mass is 364 g/mol. The number of halogens is 5. The summed E-state index contributed by atoms with van der Waals surface area (Å²) in [7, 11) is 0. The molecule has 1 atom stereocenters. The SMILES string of the molecule is NNC(c1cc(F)ccc1Cl)c1c(F)cc(Br)cc1F. The molecule has 2 aromatic rings. The van der Waals surface area contributed by atoms with Gasteiger partial charge < -0.3 is 0 Å². The molecule has 0 radical (unpaired) electrons. The van der Waals surface area contributed by atoms with Crippen molar-refractivity contribution in [2.45, 2.75) is 6.04 Å². The molecule has 2 rings (SSSR count). The molecule has 0 heterocycles. The van der Waals surface area contributed by atoms with Gasteiger partial charge in [0.1, 0.15) is 17.5 Å². The molecule has 0 saturated carbocycles. The van der Waals surface area contributed by atoms with Crippen molar-refractivity contribution in [3.63, 3.8) is 0 Å². The molecular formula is C13H9BrClF3N2. The molecule has 0 aliphatic carbocycles. The van der Waals surface area contributed by atoms with E-state index in [2.05, 4.69) is 21.4 Å². The summed E-state index contributed by atoms with van der Waals surface area (Å²) in [5, 5.41) is 0.149. The Hall–Kier alpha value is -1.08. The summed E-state index contributed by atoms with van der Waals surface area (Å²) < 4.78 is 41.5. The van der Waals surface area contributed by atoms with Gasteiger partial charge in [-0.05, 0) is 35.9 Å². The van der Waals surface area contributed by atoms with Crippen LogP contribution in [0.2, 0.25) is 5.02 Å². The number of nitrogens with two attached hydrogens (primary N) is 1. The predicted octanol–water partition coefficient (Wildman–Crippen LogP) is 4.07. The summed E-state index contributed by atoms with van der Waals surface area (Å²) in [6, 6.07) is 4.60. The van der Waals surface area contributed by atoms with E-state index in [0.29, 0.717) is 0 Å². The molecule has 0 aromatic heterocycles. The summed E-state index contributed by atoms with van der Waals surface area (Å²) >= 11 is 8.92. The van der Waals surface area contributed by atoms with Gasteiger partial charge in [-0.3, -0.25) is 5.84 Å². The molecule has 7 heteroatoms. The van der Waals surface area contributed by atoms with Crippen LogP contribution < -0.4 is 11.3 Å². The largest absolute Gasteiger partial charge is 0.271 e. The van der Waals surface area contributed by atoms with Crippen LogP contribution in [0, 0.1) is 17.5 Å². The van der Waals surface area contributed by atoms with Crippen LogP contribution in [-0.4, -0.2) is 0 Å². The lowest BCUT2D eigenvalue weighted by Gasteiger charge is -2.19. The van der Waals surface area contributed by atoms with Gasteiger partial charge in [-0.25, -0.2) is 18.6 Å². The van der Waals surface area contributed by atoms with Gasteiger partial charge in [0, 0.05) is 15.1 Å². The van der Waals surface area contributed by atoms with Crippen molar-refractivity contribution < 1.29 is 13.2 Å². The molecular weight excluding hydrogens is 357 g/mol. The van der Waals surface area contributed by atoms with Crippen molar-refractivity contribution in [2.24, 2.45) is 5.84 Å². The van der Waals surface area contributed by atoms with Crippen LogP contribution in [0.1, 0.15) is 17.2 Å². The molecule has 0 aliphatic rings. The first-order chi connectivity index (χ1) is 9.43. The van der Waals surface area contributed by atoms with Crippen molar-refractivity contribution in [3.8, 4) is 0 Å². The van der Waals surface area contributed by atoms with E-state index in [9.17, 15) is 13.2 Å². The zero-order valence-electron chi connectivity index (χ0n) is 9.93. The normalized spacial score (nSPS) is 12.5. The lowest BCUT2D eigenvalue weighted by Crippen LogP contribution is -2.30. The van der Waals surface area contributed by atoms with Crippen molar-refractivity contribution >= 4 is 27.5 Å². The first-order valence-corrected chi connectivity index (χ1v) is 6.66. The lowest BCUT2D eigenvalue weighted by molar-refractivity contribution is 0.507. The van der Waals surface area contributed by atoms with Crippen LogP contribution in [0.25, 0.3) is 0 Å². The summed E-state index contributed by atoms with van der Waals surface area (Å²) in [6.07, 6.45) is 0. The van der Waals surface area contributed by atoms with Gasteiger partial charge in [0.15, 0.2) is 0 Å². The highest BCUT2D eigenvalue weighted by atomic mass is 79.9. The Kier molecular flexibility index (Phi) is 4.70. The first kappa shape index (κ1) is 15.3. The average molecular weight is 366 g/mol. The van der Waals surface area contributed by atoms with Crippen molar-refractivity contribution in [3.05, 3.63) is 68.4 Å². The van der Waals surface area contributed by atoms with Crippen molar-refractivity contribution in [2.75, 3.05) is 0 Å². The third-order valence-corrected chi connectivity index (χ3v) is 3.57. The molecule has 0 bridgehead atoms. The minimum absolute atomic E-state index is 0.147. The second-order valence-corrected chi connectivity index (χ2v) is 5.37. The lowest BCUT2D eigenvalue weighted by atomic mass is 9.98. The molecule has 2 nitrogen and oxygen atoms in total. The molecule has 106 valence electrons. The second-order valence-electron chi connectivity index (χ2n) is 4.05. The van der Waals surface area contributed by atoms with Gasteiger partial charge in [-0.1, -0.05) is 27.5 Å². The third-order valence-electron chi connectivity index (χ3n) is 2.77. The van der Waals surface area contributed by atoms with Crippen LogP contribution in [-0.2, 0) is 0 Å². The van der Waals surface area contributed by atoms with Gasteiger partial charge in [-0.15, -0.1) is 0 Å². The molecule has 0 amide bonds. The molecule has 20 heavy (non-hydrogen) atoms. The van der Waals surface area contributed by atoms with Crippen LogP contribution in [0.3, 0.4) is 0 Å². The van der Waals surface area contributed by atoms with E-state index in [1.54, 1.807) is 0 Å². The van der Waals surface area contributed by atoms with Gasteiger partial charge in [0.2, 0.25) is 0 Å². The van der Waals surface area contributed by atoms with Gasteiger partial charge in [0.05, 0.1) is 6.04 Å². The maximum atomic E-state index is 14.0. The van der Waals surface area contributed by atoms with E-state index >= 15 is 0 Å². The van der Waals surface area contributed by atoms with Crippen LogP contribution >= 0.6 is 27.5 Å². The zero-order chi connectivity index (χ0) is 14.9. The number of hydrogen-bond acceptors (Lipinski definition) is 2. The molecule has 0 spiro atoms. The van der Waals surface area contributed by atoms with Crippen molar-refractivity contribution in [1.29, 1.82) is 0 Å². The Balaban J connectivity index is 2.61. The summed E-state index contributed by atoms with van der Waals surface area (Å²) in [4.78, 5) is 0. The standard InChI is InChI=1S/C13H9BrClF3N2/c14-6-3-10(17)12(11(18)4-6)13(20-19)8-5-7(16)1-2-9(8)15/h1-5,13,20H,19H2. The summed E-state index contributed by atoms with van der Waals surface area (Å²) in [5.41, 5.74) is 2.07. The average Bonchev–Trinajstić information content (AvgIpc) is 2.37. The fourth-order valence-corrected chi connectivity index (χ4v) is 2.52. The highest BCUT2D eigenvalue weighted by Crippen LogP contribution is 2.32. The number of benzene rings is 2. The topological polar surface area (TPSA) is 38.0 Å². The number of hydrogen-bond donors (Lipinski definition) is 2. The van der Waals surface area contributed by atoms with Gasteiger partial charge >= 0.3 is 0 Å². The highest BCUT2D eigenvalue weighted by molar-refractivity contribution is 9.10. The number of hydrazine groups is 1. The van der Waals surface area contributed by atoms with Gasteiger partial charge in [-0.2, -0.15) is 0 Å². The Bertz CT molecular complexity index is 629. The molecule has 0 fully saturated rings. The van der Waals surface area contributed by atoms with Crippen LogP contribution in [0.4, 0.5) is 13.2 Å². The van der Waals surface area contributed by atoms with E-state index in [0.717, 1.165) is 24.3 Å². The smallest absolute Gasteiger partial charge is 0.132 e. The maximum absolute atomic E-state index is 14.0. The van der Waals surface area contributed by atoms with Crippen LogP contribution in [0.15, 0.2) is 34.8 Å². The molecule has 0 aliphatic heterocycles. The molecule has 3 N–H and O–H groups in total. The predicted molar refractivity (Wildman–Crippen MR) is 74.6 cm³/mol. The fraction of sp³-hybridized carbons (Fsp3) is 0.0769. The minimum atomic E-state index is -1.11. The summed E-state index contributed by atoms with van der Waals surface area (Å²) in [5.74, 6) is 3.14. The number of nitrogens with one attached hydrogen (secondary N) is 1. The van der Waals surface area contributed by atoms with E-state index < -0.39 is 23.5 Å². The van der Waals surface area contributed by atoms with E-state index in [-0.39, 0.29) is 20.6 Å². The molecule has 1 unspecified atom stereocenters. The molecule has 0 saturated heterocycles. The Morgan fingerprint density at radius 2 is 1.70 bits per heavy atom. The van der Waals surface area contributed by atoms with Gasteiger partial charge in [0.25, 0.3) is 0 Å². The van der Waals surface area contributed by atoms with E-state index in [4.69, 9.17) is 17.4 Å². The fourth-order valence-electron chi connectivity index (χ4n) is 1.89. The Labute approximate surface area is 126 Å². The quantitative estimate of drug-likeness (QED) is 0.635. The number of rotatable bonds is 3. The second kappa shape index (κ2) is 6.13. The Morgan fingerprint density at radius 3 is 2.25 bits per heavy atom. The highest BCUT2D eigenvalue weighted by Gasteiger charge is 2.24. The minimum Gasteiger partial charge on any atom is -0.271 e. The van der Waals surface area contributed by atoms with E-state index in [1.807, 2.05) is 0 Å². The van der Waals surface area contributed by atoms with E-state index in [1.165, 1.54) is 6.07 Å². The summed E-state index contributed by atoms with van der Waals surface area (Å²) in [6.45, 7) is 0.